The second-order valence-electron chi connectivity index (χ2n) is 4.12. The summed E-state index contributed by atoms with van der Waals surface area (Å²) in [5.74, 6) is 0.00714. The van der Waals surface area contributed by atoms with Gasteiger partial charge in [-0.1, -0.05) is 13.0 Å². The summed E-state index contributed by atoms with van der Waals surface area (Å²) < 4.78 is 0. The van der Waals surface area contributed by atoms with Crippen LogP contribution in [0.2, 0.25) is 0 Å². The predicted octanol–water partition coefficient (Wildman–Crippen LogP) is 1.56. The Morgan fingerprint density at radius 1 is 1.53 bits per heavy atom. The Kier molecular flexibility index (Phi) is 5.61. The molecule has 1 heterocycles. The molecule has 0 fully saturated rings. The first-order valence-electron chi connectivity index (χ1n) is 5.97. The molecule has 0 saturated carbocycles. The van der Waals surface area contributed by atoms with Crippen LogP contribution in [0, 0.1) is 17.2 Å². The smallest absolute Gasteiger partial charge is 0.0666 e. The van der Waals surface area contributed by atoms with Gasteiger partial charge < -0.3 is 5.73 Å². The van der Waals surface area contributed by atoms with E-state index in [-0.39, 0.29) is 12.0 Å². The number of rotatable bonds is 6. The molecule has 4 heteroatoms. The summed E-state index contributed by atoms with van der Waals surface area (Å²) in [5, 5.41) is 8.88. The van der Waals surface area contributed by atoms with Gasteiger partial charge >= 0.3 is 0 Å². The van der Waals surface area contributed by atoms with Crippen LogP contribution in [-0.2, 0) is 0 Å². The van der Waals surface area contributed by atoms with Gasteiger partial charge in [0.25, 0.3) is 0 Å². The molecule has 0 radical (unpaired) electrons. The number of pyridine rings is 1. The molecule has 0 aliphatic heterocycles. The second-order valence-corrected chi connectivity index (χ2v) is 4.12. The summed E-state index contributed by atoms with van der Waals surface area (Å²) in [5.41, 5.74) is 6.81. The molecule has 1 rings (SSSR count). The average molecular weight is 232 g/mol. The van der Waals surface area contributed by atoms with Crippen LogP contribution in [0.3, 0.4) is 0 Å². The van der Waals surface area contributed by atoms with Crippen LogP contribution in [0.5, 0.6) is 0 Å². The normalized spacial score (nSPS) is 14.3. The Morgan fingerprint density at radius 3 is 2.76 bits per heavy atom. The van der Waals surface area contributed by atoms with Gasteiger partial charge in [0.05, 0.1) is 23.7 Å². The molecule has 2 atom stereocenters. The molecule has 0 spiro atoms. The number of hydrogen-bond acceptors (Lipinski definition) is 4. The van der Waals surface area contributed by atoms with Crippen molar-refractivity contribution in [2.75, 3.05) is 19.6 Å². The van der Waals surface area contributed by atoms with E-state index in [0.717, 1.165) is 18.8 Å². The third-order valence-corrected chi connectivity index (χ3v) is 2.83. The van der Waals surface area contributed by atoms with Crippen molar-refractivity contribution in [3.8, 4) is 6.07 Å². The van der Waals surface area contributed by atoms with Gasteiger partial charge in [-0.2, -0.15) is 5.26 Å². The molecule has 0 aliphatic rings. The Morgan fingerprint density at radius 2 is 2.29 bits per heavy atom. The van der Waals surface area contributed by atoms with E-state index in [1.807, 2.05) is 25.1 Å². The van der Waals surface area contributed by atoms with Gasteiger partial charge in [0.2, 0.25) is 0 Å². The maximum atomic E-state index is 8.88. The van der Waals surface area contributed by atoms with E-state index >= 15 is 0 Å². The van der Waals surface area contributed by atoms with Gasteiger partial charge in [-0.3, -0.25) is 9.88 Å². The summed E-state index contributed by atoms with van der Waals surface area (Å²) in [4.78, 5) is 6.55. The first kappa shape index (κ1) is 13.6. The standard InChI is InChI=1S/C13H20N4/c1-3-17(10-11(2)8-14)13(9-15)12-6-4-5-7-16-12/h4-7,11,13H,3,9-10,15H2,1-2H3. The molecule has 92 valence electrons. The van der Waals surface area contributed by atoms with Crippen LogP contribution < -0.4 is 5.73 Å². The monoisotopic (exact) mass is 232 g/mol. The molecule has 2 N–H and O–H groups in total. The maximum Gasteiger partial charge on any atom is 0.0666 e. The molecule has 0 amide bonds. The largest absolute Gasteiger partial charge is 0.329 e. The zero-order valence-corrected chi connectivity index (χ0v) is 10.5. The van der Waals surface area contributed by atoms with E-state index in [0.29, 0.717) is 6.54 Å². The maximum absolute atomic E-state index is 8.88. The molecule has 0 saturated heterocycles. The highest BCUT2D eigenvalue weighted by Crippen LogP contribution is 2.18. The van der Waals surface area contributed by atoms with Crippen molar-refractivity contribution in [1.29, 1.82) is 5.26 Å². The van der Waals surface area contributed by atoms with Crippen LogP contribution in [0.15, 0.2) is 24.4 Å². The van der Waals surface area contributed by atoms with E-state index < -0.39 is 0 Å². The first-order chi connectivity index (χ1) is 8.22. The Bertz CT molecular complexity index is 357. The van der Waals surface area contributed by atoms with Gasteiger partial charge in [0.15, 0.2) is 0 Å². The lowest BCUT2D eigenvalue weighted by atomic mass is 10.1. The van der Waals surface area contributed by atoms with Crippen LogP contribution in [0.1, 0.15) is 25.6 Å². The minimum atomic E-state index is 0.00714. The fourth-order valence-corrected chi connectivity index (χ4v) is 1.90. The van der Waals surface area contributed by atoms with Crippen LogP contribution in [0.25, 0.3) is 0 Å². The Hall–Kier alpha value is -1.44. The van der Waals surface area contributed by atoms with E-state index in [1.165, 1.54) is 0 Å². The summed E-state index contributed by atoms with van der Waals surface area (Å²) in [6.07, 6.45) is 1.78. The molecular formula is C13H20N4. The van der Waals surface area contributed by atoms with Crippen molar-refractivity contribution in [2.45, 2.75) is 19.9 Å². The highest BCUT2D eigenvalue weighted by molar-refractivity contribution is 5.09. The predicted molar refractivity (Wildman–Crippen MR) is 68.1 cm³/mol. The zero-order valence-electron chi connectivity index (χ0n) is 10.5. The minimum absolute atomic E-state index is 0.00714. The van der Waals surface area contributed by atoms with Crippen molar-refractivity contribution < 1.29 is 0 Å². The fraction of sp³-hybridized carbons (Fsp3) is 0.538. The lowest BCUT2D eigenvalue weighted by molar-refractivity contribution is 0.194. The number of nitriles is 1. The van der Waals surface area contributed by atoms with E-state index in [1.54, 1.807) is 6.20 Å². The molecule has 1 aromatic heterocycles. The van der Waals surface area contributed by atoms with Crippen molar-refractivity contribution >= 4 is 0 Å². The van der Waals surface area contributed by atoms with Crippen molar-refractivity contribution in [1.82, 2.24) is 9.88 Å². The molecule has 0 bridgehead atoms. The van der Waals surface area contributed by atoms with Crippen molar-refractivity contribution in [2.24, 2.45) is 11.7 Å². The summed E-state index contributed by atoms with van der Waals surface area (Å²) >= 11 is 0. The Balaban J connectivity index is 2.81. The highest BCUT2D eigenvalue weighted by atomic mass is 15.2. The first-order valence-corrected chi connectivity index (χ1v) is 5.97. The summed E-state index contributed by atoms with van der Waals surface area (Å²) in [6, 6.07) is 8.19. The molecular weight excluding hydrogens is 212 g/mol. The number of nitrogens with zero attached hydrogens (tertiary/aromatic N) is 3. The lowest BCUT2D eigenvalue weighted by Gasteiger charge is -2.30. The molecule has 2 unspecified atom stereocenters. The molecule has 17 heavy (non-hydrogen) atoms. The van der Waals surface area contributed by atoms with Crippen LogP contribution in [-0.4, -0.2) is 29.5 Å². The summed E-state index contributed by atoms with van der Waals surface area (Å²) in [6.45, 7) is 6.11. The topological polar surface area (TPSA) is 65.9 Å². The third kappa shape index (κ3) is 3.81. The number of nitrogens with two attached hydrogens (primary N) is 1. The van der Waals surface area contributed by atoms with Crippen molar-refractivity contribution in [3.05, 3.63) is 30.1 Å². The molecule has 0 aromatic carbocycles. The molecule has 4 nitrogen and oxygen atoms in total. The summed E-state index contributed by atoms with van der Waals surface area (Å²) in [7, 11) is 0. The third-order valence-electron chi connectivity index (χ3n) is 2.83. The van der Waals surface area contributed by atoms with Gasteiger partial charge in [-0.05, 0) is 25.6 Å². The second kappa shape index (κ2) is 7.00. The number of likely N-dealkylation sites (N-methyl/N-ethyl adjacent to an activating group) is 1. The van der Waals surface area contributed by atoms with E-state index in [4.69, 9.17) is 11.0 Å². The quantitative estimate of drug-likeness (QED) is 0.808. The zero-order chi connectivity index (χ0) is 12.7. The molecule has 1 aromatic rings. The van der Waals surface area contributed by atoms with Gasteiger partial charge in [-0.25, -0.2) is 0 Å². The molecule has 0 aliphatic carbocycles. The minimum Gasteiger partial charge on any atom is -0.329 e. The highest BCUT2D eigenvalue weighted by Gasteiger charge is 2.20. The number of hydrogen-bond donors (Lipinski definition) is 1. The Labute approximate surface area is 103 Å². The van der Waals surface area contributed by atoms with Gasteiger partial charge in [-0.15, -0.1) is 0 Å². The SMILES string of the molecule is CCN(CC(C)C#N)C(CN)c1ccccn1. The lowest BCUT2D eigenvalue weighted by Crippen LogP contribution is -2.36. The average Bonchev–Trinajstić information content (AvgIpc) is 2.39. The number of aromatic nitrogens is 1. The van der Waals surface area contributed by atoms with Crippen LogP contribution >= 0.6 is 0 Å². The fourth-order valence-electron chi connectivity index (χ4n) is 1.90. The van der Waals surface area contributed by atoms with E-state index in [2.05, 4.69) is 22.9 Å². The van der Waals surface area contributed by atoms with E-state index in [9.17, 15) is 0 Å². The van der Waals surface area contributed by atoms with Gasteiger partial charge in [0.1, 0.15) is 0 Å². The van der Waals surface area contributed by atoms with Gasteiger partial charge in [0, 0.05) is 19.3 Å². The van der Waals surface area contributed by atoms with Crippen LogP contribution in [0.4, 0.5) is 0 Å². The van der Waals surface area contributed by atoms with Crippen molar-refractivity contribution in [3.63, 3.8) is 0 Å².